The van der Waals surface area contributed by atoms with Gasteiger partial charge in [-0.05, 0) is 60.2 Å². The molecule has 1 N–H and O–H groups in total. The maximum Gasteiger partial charge on any atom is 0.253 e. The Morgan fingerprint density at radius 1 is 1.21 bits per heavy atom. The Kier molecular flexibility index (Phi) is 6.64. The number of hydrogen-bond donors (Lipinski definition) is 1. The van der Waals surface area contributed by atoms with E-state index in [1.807, 2.05) is 18.2 Å². The van der Waals surface area contributed by atoms with Gasteiger partial charge in [0.05, 0.1) is 6.61 Å². The third kappa shape index (κ3) is 5.21. The van der Waals surface area contributed by atoms with Crippen molar-refractivity contribution in [3.8, 4) is 0 Å². The predicted octanol–water partition coefficient (Wildman–Crippen LogP) is 4.27. The van der Waals surface area contributed by atoms with Gasteiger partial charge in [-0.15, -0.1) is 0 Å². The summed E-state index contributed by atoms with van der Waals surface area (Å²) in [5, 5.41) is 2.92. The highest BCUT2D eigenvalue weighted by molar-refractivity contribution is 5.95. The number of carbonyl (C=O) groups is 2. The average Bonchev–Trinajstić information content (AvgIpc) is 2.69. The summed E-state index contributed by atoms with van der Waals surface area (Å²) in [7, 11) is 0. The number of carbonyl (C=O) groups excluding carboxylic acids is 2. The summed E-state index contributed by atoms with van der Waals surface area (Å²) in [5.41, 5.74) is 3.02. The van der Waals surface area contributed by atoms with Gasteiger partial charge >= 0.3 is 0 Å². The van der Waals surface area contributed by atoms with Gasteiger partial charge in [-0.2, -0.15) is 0 Å². The molecule has 29 heavy (non-hydrogen) atoms. The molecule has 0 radical (unpaired) electrons. The molecule has 1 aliphatic heterocycles. The van der Waals surface area contributed by atoms with Crippen molar-refractivity contribution in [3.05, 3.63) is 59.4 Å². The van der Waals surface area contributed by atoms with E-state index in [1.165, 1.54) is 6.07 Å². The third-order valence-corrected chi connectivity index (χ3v) is 5.27. The van der Waals surface area contributed by atoms with Gasteiger partial charge in [0.1, 0.15) is 12.4 Å². The molecule has 0 spiro atoms. The Hall–Kier alpha value is -2.73. The first-order valence-corrected chi connectivity index (χ1v) is 9.89. The van der Waals surface area contributed by atoms with Crippen molar-refractivity contribution in [1.82, 2.24) is 0 Å². The zero-order valence-electron chi connectivity index (χ0n) is 17.1. The van der Waals surface area contributed by atoms with E-state index in [0.29, 0.717) is 30.8 Å². The van der Waals surface area contributed by atoms with E-state index in [1.54, 1.807) is 30.0 Å². The minimum atomic E-state index is -0.237. The number of amides is 2. The second kappa shape index (κ2) is 9.18. The normalized spacial score (nSPS) is 15.5. The molecule has 1 heterocycles. The van der Waals surface area contributed by atoms with Crippen molar-refractivity contribution < 1.29 is 18.7 Å². The molecule has 2 amide bonds. The largest absolute Gasteiger partial charge is 0.370 e. The molecule has 2 aromatic carbocycles. The van der Waals surface area contributed by atoms with Crippen LogP contribution in [-0.2, 0) is 14.3 Å². The van der Waals surface area contributed by atoms with Gasteiger partial charge in [0.25, 0.3) is 5.91 Å². The highest BCUT2D eigenvalue weighted by Crippen LogP contribution is 2.30. The minimum Gasteiger partial charge on any atom is -0.370 e. The van der Waals surface area contributed by atoms with Gasteiger partial charge < -0.3 is 15.0 Å². The molecule has 3 rings (SSSR count). The van der Waals surface area contributed by atoms with Gasteiger partial charge in [0.15, 0.2) is 0 Å². The average molecular weight is 398 g/mol. The summed E-state index contributed by atoms with van der Waals surface area (Å²) >= 11 is 0. The van der Waals surface area contributed by atoms with Gasteiger partial charge in [-0.3, -0.25) is 9.59 Å². The van der Waals surface area contributed by atoms with Crippen LogP contribution in [0.2, 0.25) is 0 Å². The topological polar surface area (TPSA) is 58.6 Å². The highest BCUT2D eigenvalue weighted by Gasteiger charge is 2.22. The van der Waals surface area contributed by atoms with Gasteiger partial charge in [-0.25, -0.2) is 4.39 Å². The van der Waals surface area contributed by atoms with Gasteiger partial charge in [0, 0.05) is 24.3 Å². The monoisotopic (exact) mass is 398 g/mol. The first-order chi connectivity index (χ1) is 13.8. The summed E-state index contributed by atoms with van der Waals surface area (Å²) < 4.78 is 18.7. The van der Waals surface area contributed by atoms with E-state index < -0.39 is 0 Å². The van der Waals surface area contributed by atoms with Crippen molar-refractivity contribution in [2.75, 3.05) is 30.0 Å². The fourth-order valence-corrected chi connectivity index (χ4v) is 3.56. The standard InChI is InChI=1S/C23H27FN2O3/c1-15(2)20(17-4-9-21(24)16(3)12-17)13-22(27)25-18-5-7-19(8-6-18)26-10-11-29-14-23(26)28/h4-9,12,15,20H,10-11,13-14H2,1-3H3,(H,25,27). The van der Waals surface area contributed by atoms with E-state index in [4.69, 9.17) is 4.74 Å². The Morgan fingerprint density at radius 2 is 1.93 bits per heavy atom. The number of nitrogens with one attached hydrogen (secondary N) is 1. The molecule has 5 nitrogen and oxygen atoms in total. The molecule has 1 atom stereocenters. The van der Waals surface area contributed by atoms with E-state index in [2.05, 4.69) is 19.2 Å². The number of rotatable bonds is 6. The number of ether oxygens (including phenoxy) is 1. The maximum absolute atomic E-state index is 13.6. The van der Waals surface area contributed by atoms with Crippen molar-refractivity contribution in [3.63, 3.8) is 0 Å². The molecule has 2 aromatic rings. The molecule has 1 unspecified atom stereocenters. The van der Waals surface area contributed by atoms with Gasteiger partial charge in [0.2, 0.25) is 5.91 Å². The highest BCUT2D eigenvalue weighted by atomic mass is 19.1. The molecule has 1 aliphatic rings. The van der Waals surface area contributed by atoms with Crippen molar-refractivity contribution in [2.45, 2.75) is 33.1 Å². The predicted molar refractivity (Wildman–Crippen MR) is 112 cm³/mol. The lowest BCUT2D eigenvalue weighted by Gasteiger charge is -2.27. The van der Waals surface area contributed by atoms with E-state index in [0.717, 1.165) is 11.3 Å². The summed E-state index contributed by atoms with van der Waals surface area (Å²) in [6.07, 6.45) is 0.312. The van der Waals surface area contributed by atoms with Crippen LogP contribution in [0.4, 0.5) is 15.8 Å². The summed E-state index contributed by atoms with van der Waals surface area (Å²) in [5.74, 6) is -0.164. The smallest absolute Gasteiger partial charge is 0.253 e. The zero-order valence-corrected chi connectivity index (χ0v) is 17.1. The molecule has 6 heteroatoms. The number of anilines is 2. The molecular weight excluding hydrogens is 371 g/mol. The summed E-state index contributed by atoms with van der Waals surface area (Å²) in [4.78, 5) is 26.2. The van der Waals surface area contributed by atoms with Crippen molar-refractivity contribution >= 4 is 23.2 Å². The minimum absolute atomic E-state index is 0.000422. The van der Waals surface area contributed by atoms with Crippen LogP contribution in [0.1, 0.15) is 37.3 Å². The second-order valence-electron chi connectivity index (χ2n) is 7.76. The van der Waals surface area contributed by atoms with E-state index in [9.17, 15) is 14.0 Å². The van der Waals surface area contributed by atoms with Crippen LogP contribution in [0.3, 0.4) is 0 Å². The second-order valence-corrected chi connectivity index (χ2v) is 7.76. The Morgan fingerprint density at radius 3 is 2.55 bits per heavy atom. The van der Waals surface area contributed by atoms with Crippen LogP contribution in [0.25, 0.3) is 0 Å². The molecule has 0 saturated carbocycles. The first-order valence-electron chi connectivity index (χ1n) is 9.89. The Labute approximate surface area is 170 Å². The molecule has 0 aromatic heterocycles. The fraction of sp³-hybridized carbons (Fsp3) is 0.391. The molecule has 1 saturated heterocycles. The van der Waals surface area contributed by atoms with Crippen molar-refractivity contribution in [1.29, 1.82) is 0 Å². The van der Waals surface area contributed by atoms with Crippen LogP contribution in [0.5, 0.6) is 0 Å². The van der Waals surface area contributed by atoms with Crippen LogP contribution >= 0.6 is 0 Å². The lowest BCUT2D eigenvalue weighted by Crippen LogP contribution is -2.41. The lowest BCUT2D eigenvalue weighted by molar-refractivity contribution is -0.125. The van der Waals surface area contributed by atoms with Crippen LogP contribution in [0.15, 0.2) is 42.5 Å². The molecule has 1 fully saturated rings. The number of aryl methyl sites for hydroxylation is 1. The van der Waals surface area contributed by atoms with Gasteiger partial charge in [-0.1, -0.05) is 26.0 Å². The summed E-state index contributed by atoms with van der Waals surface area (Å²) in [6, 6.07) is 12.3. The number of nitrogens with zero attached hydrogens (tertiary/aromatic N) is 1. The van der Waals surface area contributed by atoms with Crippen LogP contribution in [0, 0.1) is 18.7 Å². The quantitative estimate of drug-likeness (QED) is 0.791. The van der Waals surface area contributed by atoms with Crippen LogP contribution < -0.4 is 10.2 Å². The third-order valence-electron chi connectivity index (χ3n) is 5.27. The van der Waals surface area contributed by atoms with Crippen LogP contribution in [-0.4, -0.2) is 31.6 Å². The number of morpholine rings is 1. The molecular formula is C23H27FN2O3. The van der Waals surface area contributed by atoms with E-state index in [-0.39, 0.29) is 36.1 Å². The number of halogens is 1. The van der Waals surface area contributed by atoms with Crippen molar-refractivity contribution in [2.24, 2.45) is 5.92 Å². The number of hydrogen-bond acceptors (Lipinski definition) is 3. The zero-order chi connectivity index (χ0) is 21.0. The Bertz CT molecular complexity index is 880. The van der Waals surface area contributed by atoms with E-state index >= 15 is 0 Å². The summed E-state index contributed by atoms with van der Waals surface area (Å²) in [6.45, 7) is 6.99. The molecule has 0 aliphatic carbocycles. The maximum atomic E-state index is 13.6. The number of benzene rings is 2. The first kappa shape index (κ1) is 21.0. The lowest BCUT2D eigenvalue weighted by atomic mass is 9.85. The SMILES string of the molecule is Cc1cc(C(CC(=O)Nc2ccc(N3CCOCC3=O)cc2)C(C)C)ccc1F. The molecule has 154 valence electrons. The Balaban J connectivity index is 1.65. The molecule has 0 bridgehead atoms. The fourth-order valence-electron chi connectivity index (χ4n) is 3.56.